The second kappa shape index (κ2) is 7.46. The Labute approximate surface area is 130 Å². The van der Waals surface area contributed by atoms with E-state index in [1.54, 1.807) is 0 Å². The number of furan rings is 1. The minimum atomic E-state index is 0.441. The number of likely N-dealkylation sites (tertiary alicyclic amines) is 1. The molecule has 1 aromatic rings. The van der Waals surface area contributed by atoms with Gasteiger partial charge in [0.1, 0.15) is 5.76 Å². The van der Waals surface area contributed by atoms with Gasteiger partial charge in [-0.1, -0.05) is 27.7 Å². The van der Waals surface area contributed by atoms with E-state index in [2.05, 4.69) is 44.0 Å². The molecule has 2 rings (SSSR count). The van der Waals surface area contributed by atoms with Crippen molar-refractivity contribution in [2.45, 2.75) is 60.0 Å². The summed E-state index contributed by atoms with van der Waals surface area (Å²) in [5.41, 5.74) is 1.75. The van der Waals surface area contributed by atoms with Gasteiger partial charge in [0.05, 0.1) is 12.8 Å². The lowest BCUT2D eigenvalue weighted by atomic mass is 9.77. The monoisotopic (exact) mass is 292 g/mol. The highest BCUT2D eigenvalue weighted by molar-refractivity contribution is 5.16. The second-order valence-corrected chi connectivity index (χ2v) is 7.42. The number of hydrogen-bond acceptors (Lipinski definition) is 3. The van der Waals surface area contributed by atoms with E-state index < -0.39 is 0 Å². The number of nitrogens with one attached hydrogen (secondary N) is 1. The molecule has 2 heterocycles. The predicted octanol–water partition coefficient (Wildman–Crippen LogP) is 4.04. The van der Waals surface area contributed by atoms with Crippen molar-refractivity contribution in [2.75, 3.05) is 19.6 Å². The molecular formula is C18H32N2O. The van der Waals surface area contributed by atoms with Crippen molar-refractivity contribution in [3.8, 4) is 0 Å². The fourth-order valence-electron chi connectivity index (χ4n) is 3.31. The van der Waals surface area contributed by atoms with Gasteiger partial charge in [0.15, 0.2) is 0 Å². The largest absolute Gasteiger partial charge is 0.468 e. The van der Waals surface area contributed by atoms with E-state index in [0.717, 1.165) is 31.3 Å². The Bertz CT molecular complexity index is 419. The topological polar surface area (TPSA) is 28.4 Å². The van der Waals surface area contributed by atoms with Crippen LogP contribution in [0.1, 0.15) is 58.3 Å². The third-order valence-corrected chi connectivity index (χ3v) is 4.82. The molecule has 0 amide bonds. The summed E-state index contributed by atoms with van der Waals surface area (Å²) in [6, 6.07) is 2.10. The van der Waals surface area contributed by atoms with Crippen molar-refractivity contribution >= 4 is 0 Å². The fourth-order valence-corrected chi connectivity index (χ4v) is 3.31. The Morgan fingerprint density at radius 2 is 2.10 bits per heavy atom. The average molecular weight is 292 g/mol. The molecule has 3 nitrogen and oxygen atoms in total. The minimum absolute atomic E-state index is 0.441. The quantitative estimate of drug-likeness (QED) is 0.888. The van der Waals surface area contributed by atoms with Crippen LogP contribution in [0.15, 0.2) is 16.7 Å². The van der Waals surface area contributed by atoms with Gasteiger partial charge in [0, 0.05) is 12.1 Å². The molecule has 0 aromatic carbocycles. The standard InChI is InChI=1S/C18H32N2O/c1-5-19-13-15-9-12-21-17(15)14-20-10-6-7-16(8-11-20)18(2,3)4/h9,12,16,19H,5-8,10-11,13-14H2,1-4H3. The Balaban J connectivity index is 1.90. The molecule has 0 bridgehead atoms. The van der Waals surface area contributed by atoms with Crippen LogP contribution in [0, 0.1) is 11.3 Å². The van der Waals surface area contributed by atoms with Gasteiger partial charge in [-0.2, -0.15) is 0 Å². The smallest absolute Gasteiger partial charge is 0.122 e. The molecule has 1 saturated heterocycles. The van der Waals surface area contributed by atoms with E-state index in [1.807, 2.05) is 6.26 Å². The maximum absolute atomic E-state index is 5.72. The molecule has 1 unspecified atom stereocenters. The third-order valence-electron chi connectivity index (χ3n) is 4.82. The van der Waals surface area contributed by atoms with Gasteiger partial charge in [0.2, 0.25) is 0 Å². The fraction of sp³-hybridized carbons (Fsp3) is 0.778. The molecule has 21 heavy (non-hydrogen) atoms. The summed E-state index contributed by atoms with van der Waals surface area (Å²) in [6.45, 7) is 14.6. The molecule has 0 radical (unpaired) electrons. The molecule has 0 aliphatic carbocycles. The van der Waals surface area contributed by atoms with E-state index in [1.165, 1.54) is 37.9 Å². The Hall–Kier alpha value is -0.800. The first-order valence-electron chi connectivity index (χ1n) is 8.49. The minimum Gasteiger partial charge on any atom is -0.468 e. The molecule has 1 aromatic heterocycles. The Morgan fingerprint density at radius 1 is 1.29 bits per heavy atom. The predicted molar refractivity (Wildman–Crippen MR) is 88.2 cm³/mol. The SMILES string of the molecule is CCNCc1ccoc1CN1CCCC(C(C)(C)C)CC1. The zero-order valence-electron chi connectivity index (χ0n) is 14.2. The summed E-state index contributed by atoms with van der Waals surface area (Å²) in [6.07, 6.45) is 5.82. The van der Waals surface area contributed by atoms with Gasteiger partial charge in [-0.3, -0.25) is 4.90 Å². The molecule has 1 fully saturated rings. The van der Waals surface area contributed by atoms with Crippen LogP contribution < -0.4 is 5.32 Å². The average Bonchev–Trinajstić information content (AvgIpc) is 2.70. The van der Waals surface area contributed by atoms with Crippen LogP contribution in [0.4, 0.5) is 0 Å². The van der Waals surface area contributed by atoms with Gasteiger partial charge in [-0.05, 0) is 56.3 Å². The van der Waals surface area contributed by atoms with Crippen molar-refractivity contribution in [3.05, 3.63) is 23.7 Å². The summed E-state index contributed by atoms with van der Waals surface area (Å²) in [4.78, 5) is 2.57. The maximum Gasteiger partial charge on any atom is 0.122 e. The molecule has 0 spiro atoms. The van der Waals surface area contributed by atoms with E-state index in [0.29, 0.717) is 5.41 Å². The van der Waals surface area contributed by atoms with Crippen molar-refractivity contribution in [1.29, 1.82) is 0 Å². The molecule has 0 saturated carbocycles. The first kappa shape index (κ1) is 16.6. The van der Waals surface area contributed by atoms with Crippen LogP contribution in [-0.4, -0.2) is 24.5 Å². The second-order valence-electron chi connectivity index (χ2n) is 7.42. The van der Waals surface area contributed by atoms with Crippen molar-refractivity contribution in [1.82, 2.24) is 10.2 Å². The van der Waals surface area contributed by atoms with Crippen molar-refractivity contribution in [2.24, 2.45) is 11.3 Å². The lowest BCUT2D eigenvalue weighted by molar-refractivity contribution is 0.202. The van der Waals surface area contributed by atoms with E-state index in [-0.39, 0.29) is 0 Å². The van der Waals surface area contributed by atoms with Gasteiger partial charge in [-0.15, -0.1) is 0 Å². The summed E-state index contributed by atoms with van der Waals surface area (Å²) in [5, 5.41) is 3.39. The summed E-state index contributed by atoms with van der Waals surface area (Å²) in [5.74, 6) is 1.99. The van der Waals surface area contributed by atoms with Crippen molar-refractivity contribution < 1.29 is 4.42 Å². The van der Waals surface area contributed by atoms with Gasteiger partial charge < -0.3 is 9.73 Å². The zero-order valence-corrected chi connectivity index (χ0v) is 14.2. The number of hydrogen-bond donors (Lipinski definition) is 1. The van der Waals surface area contributed by atoms with Crippen LogP contribution in [0.3, 0.4) is 0 Å². The molecule has 1 N–H and O–H groups in total. The Kier molecular flexibility index (Phi) is 5.88. The van der Waals surface area contributed by atoms with Crippen LogP contribution in [-0.2, 0) is 13.1 Å². The van der Waals surface area contributed by atoms with E-state index in [4.69, 9.17) is 4.42 Å². The normalized spacial score (nSPS) is 21.4. The highest BCUT2D eigenvalue weighted by Crippen LogP contribution is 2.34. The first-order valence-corrected chi connectivity index (χ1v) is 8.49. The van der Waals surface area contributed by atoms with E-state index in [9.17, 15) is 0 Å². The number of rotatable bonds is 5. The first-order chi connectivity index (χ1) is 10.0. The van der Waals surface area contributed by atoms with Gasteiger partial charge >= 0.3 is 0 Å². The maximum atomic E-state index is 5.72. The van der Waals surface area contributed by atoms with Crippen LogP contribution in [0.2, 0.25) is 0 Å². The Morgan fingerprint density at radius 3 is 2.81 bits per heavy atom. The summed E-state index contributed by atoms with van der Waals surface area (Å²) < 4.78 is 5.72. The molecule has 3 heteroatoms. The highest BCUT2D eigenvalue weighted by atomic mass is 16.3. The van der Waals surface area contributed by atoms with E-state index >= 15 is 0 Å². The van der Waals surface area contributed by atoms with Crippen LogP contribution >= 0.6 is 0 Å². The van der Waals surface area contributed by atoms with Crippen LogP contribution in [0.25, 0.3) is 0 Å². The third kappa shape index (κ3) is 4.86. The zero-order chi connectivity index (χ0) is 15.3. The summed E-state index contributed by atoms with van der Waals surface area (Å²) >= 11 is 0. The lowest BCUT2D eigenvalue weighted by Gasteiger charge is -2.29. The van der Waals surface area contributed by atoms with Gasteiger partial charge in [-0.25, -0.2) is 0 Å². The highest BCUT2D eigenvalue weighted by Gasteiger charge is 2.27. The molecular weight excluding hydrogens is 260 g/mol. The molecule has 1 atom stereocenters. The van der Waals surface area contributed by atoms with Crippen LogP contribution in [0.5, 0.6) is 0 Å². The summed E-state index contributed by atoms with van der Waals surface area (Å²) in [7, 11) is 0. The lowest BCUT2D eigenvalue weighted by Crippen LogP contribution is -2.26. The molecule has 1 aliphatic rings. The molecule has 1 aliphatic heterocycles. The number of nitrogens with zero attached hydrogens (tertiary/aromatic N) is 1. The molecule has 120 valence electrons. The van der Waals surface area contributed by atoms with Crippen molar-refractivity contribution in [3.63, 3.8) is 0 Å². The van der Waals surface area contributed by atoms with Gasteiger partial charge in [0.25, 0.3) is 0 Å².